The van der Waals surface area contributed by atoms with Gasteiger partial charge >= 0.3 is 0 Å². The highest BCUT2D eigenvalue weighted by Crippen LogP contribution is 2.31. The van der Waals surface area contributed by atoms with Crippen molar-refractivity contribution in [1.29, 1.82) is 0 Å². The van der Waals surface area contributed by atoms with Crippen molar-refractivity contribution in [2.45, 2.75) is 45.1 Å². The Morgan fingerprint density at radius 3 is 2.94 bits per heavy atom. The Kier molecular flexibility index (Phi) is 4.21. The van der Waals surface area contributed by atoms with Crippen molar-refractivity contribution in [1.82, 2.24) is 15.1 Å². The number of nitrogens with one attached hydrogen (secondary N) is 1. The summed E-state index contributed by atoms with van der Waals surface area (Å²) in [4.78, 5) is 0. The number of aromatic nitrogens is 2. The maximum absolute atomic E-state index is 4.25. The van der Waals surface area contributed by atoms with Crippen LogP contribution in [0.2, 0.25) is 0 Å². The summed E-state index contributed by atoms with van der Waals surface area (Å²) >= 11 is 0. The second kappa shape index (κ2) is 5.67. The fourth-order valence-electron chi connectivity index (χ4n) is 3.18. The topological polar surface area (TPSA) is 29.9 Å². The van der Waals surface area contributed by atoms with Crippen LogP contribution in [0.15, 0.2) is 12.4 Å². The third-order valence-corrected chi connectivity index (χ3v) is 4.13. The lowest BCUT2D eigenvalue weighted by molar-refractivity contribution is 0.227. The van der Waals surface area contributed by atoms with Gasteiger partial charge in [0.15, 0.2) is 0 Å². The van der Waals surface area contributed by atoms with Crippen LogP contribution in [0, 0.1) is 11.8 Å². The number of aryl methyl sites for hydroxylation is 1. The van der Waals surface area contributed by atoms with Gasteiger partial charge in [0.2, 0.25) is 0 Å². The molecule has 0 aromatic carbocycles. The molecule has 0 spiro atoms. The van der Waals surface area contributed by atoms with E-state index < -0.39 is 0 Å². The van der Waals surface area contributed by atoms with Crippen LogP contribution in [0.25, 0.3) is 0 Å². The molecule has 1 heterocycles. The predicted octanol–water partition coefficient (Wildman–Crippen LogP) is 2.38. The lowest BCUT2D eigenvalue weighted by atomic mass is 9.77. The van der Waals surface area contributed by atoms with Gasteiger partial charge in [-0.1, -0.05) is 19.8 Å². The molecule has 3 nitrogen and oxygen atoms in total. The van der Waals surface area contributed by atoms with Gasteiger partial charge in [-0.25, -0.2) is 0 Å². The van der Waals surface area contributed by atoms with Gasteiger partial charge in [-0.15, -0.1) is 0 Å². The Hall–Kier alpha value is -0.830. The van der Waals surface area contributed by atoms with Gasteiger partial charge in [-0.05, 0) is 43.7 Å². The van der Waals surface area contributed by atoms with Crippen molar-refractivity contribution >= 4 is 0 Å². The SMILES string of the molecule is CNC(Cc1cnn(C)c1)C1CCCC(C)C1. The highest BCUT2D eigenvalue weighted by atomic mass is 15.2. The fraction of sp³-hybridized carbons (Fsp3) is 0.786. The largest absolute Gasteiger partial charge is 0.316 e. The van der Waals surface area contributed by atoms with Crippen molar-refractivity contribution < 1.29 is 0 Å². The van der Waals surface area contributed by atoms with Crippen molar-refractivity contribution in [3.05, 3.63) is 18.0 Å². The number of hydrogen-bond donors (Lipinski definition) is 1. The first-order valence-corrected chi connectivity index (χ1v) is 6.84. The molecule has 1 fully saturated rings. The average Bonchev–Trinajstić information content (AvgIpc) is 2.72. The second-order valence-corrected chi connectivity index (χ2v) is 5.65. The monoisotopic (exact) mass is 235 g/mol. The van der Waals surface area contributed by atoms with Crippen LogP contribution in [0.1, 0.15) is 38.2 Å². The molecule has 2 rings (SSSR count). The molecule has 96 valence electrons. The molecule has 0 amide bonds. The van der Waals surface area contributed by atoms with Crippen molar-refractivity contribution in [2.75, 3.05) is 7.05 Å². The molecule has 1 aliphatic rings. The van der Waals surface area contributed by atoms with E-state index in [1.165, 1.54) is 31.2 Å². The molecule has 3 heteroatoms. The standard InChI is InChI=1S/C14H25N3/c1-11-5-4-6-13(7-11)14(15-2)8-12-9-16-17(3)10-12/h9-11,13-15H,4-8H2,1-3H3. The fourth-order valence-corrected chi connectivity index (χ4v) is 3.18. The van der Waals surface area contributed by atoms with Crippen LogP contribution in [0.4, 0.5) is 0 Å². The Labute approximate surface area is 105 Å². The molecule has 1 aromatic heterocycles. The Balaban J connectivity index is 1.95. The minimum atomic E-state index is 0.613. The predicted molar refractivity (Wildman–Crippen MR) is 70.9 cm³/mol. The van der Waals surface area contributed by atoms with Crippen molar-refractivity contribution in [3.8, 4) is 0 Å². The van der Waals surface area contributed by atoms with Crippen LogP contribution in [-0.4, -0.2) is 22.9 Å². The van der Waals surface area contributed by atoms with E-state index in [9.17, 15) is 0 Å². The summed E-state index contributed by atoms with van der Waals surface area (Å²) in [5.74, 6) is 1.74. The minimum absolute atomic E-state index is 0.613. The van der Waals surface area contributed by atoms with E-state index in [-0.39, 0.29) is 0 Å². The Bertz CT molecular complexity index is 345. The normalized spacial score (nSPS) is 27.0. The molecule has 0 saturated heterocycles. The summed E-state index contributed by atoms with van der Waals surface area (Å²) in [7, 11) is 4.08. The van der Waals surface area contributed by atoms with Gasteiger partial charge in [-0.2, -0.15) is 5.10 Å². The molecule has 0 aliphatic heterocycles. The lowest BCUT2D eigenvalue weighted by Crippen LogP contribution is -2.37. The van der Waals surface area contributed by atoms with Crippen LogP contribution in [0.5, 0.6) is 0 Å². The molecule has 3 unspecified atom stereocenters. The zero-order valence-corrected chi connectivity index (χ0v) is 11.3. The molecular weight excluding hydrogens is 210 g/mol. The summed E-state index contributed by atoms with van der Waals surface area (Å²) in [6.07, 6.45) is 10.8. The van der Waals surface area contributed by atoms with E-state index in [1.807, 2.05) is 17.9 Å². The zero-order valence-electron chi connectivity index (χ0n) is 11.3. The molecule has 0 bridgehead atoms. The molecule has 1 saturated carbocycles. The van der Waals surface area contributed by atoms with Crippen molar-refractivity contribution in [2.24, 2.45) is 18.9 Å². The molecule has 1 aromatic rings. The smallest absolute Gasteiger partial charge is 0.0522 e. The van der Waals surface area contributed by atoms with Crippen LogP contribution >= 0.6 is 0 Å². The van der Waals surface area contributed by atoms with Gasteiger partial charge in [-0.3, -0.25) is 4.68 Å². The highest BCUT2D eigenvalue weighted by molar-refractivity contribution is 5.06. The highest BCUT2D eigenvalue weighted by Gasteiger charge is 2.25. The van der Waals surface area contributed by atoms with Crippen molar-refractivity contribution in [3.63, 3.8) is 0 Å². The summed E-state index contributed by atoms with van der Waals surface area (Å²) < 4.78 is 1.89. The lowest BCUT2D eigenvalue weighted by Gasteiger charge is -2.33. The van der Waals surface area contributed by atoms with Crippen LogP contribution < -0.4 is 5.32 Å². The first-order chi connectivity index (χ1) is 8.19. The quantitative estimate of drug-likeness (QED) is 0.868. The van der Waals surface area contributed by atoms with Gasteiger partial charge in [0.1, 0.15) is 0 Å². The third kappa shape index (κ3) is 3.32. The Morgan fingerprint density at radius 1 is 1.53 bits per heavy atom. The maximum atomic E-state index is 4.25. The summed E-state index contributed by atoms with van der Waals surface area (Å²) in [6, 6.07) is 0.613. The molecular formula is C14H25N3. The van der Waals surface area contributed by atoms with E-state index >= 15 is 0 Å². The van der Waals surface area contributed by atoms with E-state index in [2.05, 4.69) is 30.6 Å². The van der Waals surface area contributed by atoms with E-state index in [4.69, 9.17) is 0 Å². The second-order valence-electron chi connectivity index (χ2n) is 5.65. The van der Waals surface area contributed by atoms with Gasteiger partial charge in [0.05, 0.1) is 6.20 Å². The first kappa shape index (κ1) is 12.6. The zero-order chi connectivity index (χ0) is 12.3. The van der Waals surface area contributed by atoms with Gasteiger partial charge in [0, 0.05) is 19.3 Å². The summed E-state index contributed by atoms with van der Waals surface area (Å²) in [6.45, 7) is 2.39. The average molecular weight is 235 g/mol. The molecule has 0 radical (unpaired) electrons. The number of likely N-dealkylation sites (N-methyl/N-ethyl adjacent to an activating group) is 1. The number of nitrogens with zero attached hydrogens (tertiary/aromatic N) is 2. The van der Waals surface area contributed by atoms with Crippen LogP contribution in [-0.2, 0) is 13.5 Å². The maximum Gasteiger partial charge on any atom is 0.0522 e. The number of hydrogen-bond acceptors (Lipinski definition) is 2. The van der Waals surface area contributed by atoms with E-state index in [1.54, 1.807) is 0 Å². The molecule has 1 aliphatic carbocycles. The molecule has 1 N–H and O–H groups in total. The first-order valence-electron chi connectivity index (χ1n) is 6.84. The summed E-state index contributed by atoms with van der Waals surface area (Å²) in [5.41, 5.74) is 1.35. The van der Waals surface area contributed by atoms with E-state index in [0.717, 1.165) is 18.3 Å². The Morgan fingerprint density at radius 2 is 2.35 bits per heavy atom. The molecule has 17 heavy (non-hydrogen) atoms. The minimum Gasteiger partial charge on any atom is -0.316 e. The summed E-state index contributed by atoms with van der Waals surface area (Å²) in [5, 5.41) is 7.77. The van der Waals surface area contributed by atoms with Gasteiger partial charge < -0.3 is 5.32 Å². The third-order valence-electron chi connectivity index (χ3n) is 4.13. The van der Waals surface area contributed by atoms with Gasteiger partial charge in [0.25, 0.3) is 0 Å². The molecule has 3 atom stereocenters. The van der Waals surface area contributed by atoms with E-state index in [0.29, 0.717) is 6.04 Å². The number of rotatable bonds is 4. The van der Waals surface area contributed by atoms with Crippen LogP contribution in [0.3, 0.4) is 0 Å².